The zero-order valence-electron chi connectivity index (χ0n) is 20.7. The first-order valence-electron chi connectivity index (χ1n) is 11.4. The molecule has 0 unspecified atom stereocenters. The lowest BCUT2D eigenvalue weighted by atomic mass is 9.86. The molecule has 2 heterocycles. The molecule has 1 aliphatic rings. The number of anilines is 2. The maximum Gasteiger partial charge on any atom is 0.413 e. The molecule has 2 aromatic rings. The topological polar surface area (TPSA) is 101 Å². The number of nitrogens with one attached hydrogen (secondary N) is 2. The van der Waals surface area contributed by atoms with Crippen LogP contribution >= 0.6 is 11.6 Å². The highest BCUT2D eigenvalue weighted by Crippen LogP contribution is 2.43. The van der Waals surface area contributed by atoms with Gasteiger partial charge in [0, 0.05) is 23.9 Å². The van der Waals surface area contributed by atoms with E-state index in [9.17, 15) is 23.2 Å². The summed E-state index contributed by atoms with van der Waals surface area (Å²) in [6.07, 6.45) is -0.0425. The fourth-order valence-electron chi connectivity index (χ4n) is 3.85. The van der Waals surface area contributed by atoms with Gasteiger partial charge in [0.2, 0.25) is 0 Å². The molecular formula is C25H29ClF2N4O4. The number of rotatable bonds is 3. The first kappa shape index (κ1) is 27.3. The van der Waals surface area contributed by atoms with Crippen LogP contribution in [0.4, 0.5) is 25.1 Å². The van der Waals surface area contributed by atoms with E-state index in [1.807, 2.05) is 0 Å². The number of alkyl halides is 2. The molecule has 1 saturated heterocycles. The number of pyridine rings is 1. The predicted molar refractivity (Wildman–Crippen MR) is 132 cm³/mol. The summed E-state index contributed by atoms with van der Waals surface area (Å²) in [5.74, 6) is -5.86. The average molecular weight is 523 g/mol. The summed E-state index contributed by atoms with van der Waals surface area (Å²) >= 11 is 6.04. The number of carbonyl (C=O) groups excluding carboxylic acids is 3. The number of halogens is 3. The lowest BCUT2D eigenvalue weighted by Gasteiger charge is -2.42. The zero-order valence-corrected chi connectivity index (χ0v) is 21.5. The molecule has 1 aromatic carbocycles. The van der Waals surface area contributed by atoms with Crippen molar-refractivity contribution in [1.29, 1.82) is 0 Å². The quantitative estimate of drug-likeness (QED) is 0.513. The van der Waals surface area contributed by atoms with Crippen LogP contribution in [0.1, 0.15) is 51.3 Å². The van der Waals surface area contributed by atoms with Gasteiger partial charge in [0.25, 0.3) is 5.92 Å². The summed E-state index contributed by atoms with van der Waals surface area (Å²) in [5.41, 5.74) is 0.445. The molecule has 8 nitrogen and oxygen atoms in total. The van der Waals surface area contributed by atoms with Gasteiger partial charge in [-0.15, -0.1) is 0 Å². The van der Waals surface area contributed by atoms with Gasteiger partial charge < -0.3 is 15.0 Å². The minimum Gasteiger partial charge on any atom is -0.444 e. The molecular weight excluding hydrogens is 494 g/mol. The van der Waals surface area contributed by atoms with E-state index >= 15 is 0 Å². The molecule has 1 fully saturated rings. The first-order chi connectivity index (χ1) is 16.7. The van der Waals surface area contributed by atoms with E-state index in [1.54, 1.807) is 45.9 Å². The van der Waals surface area contributed by atoms with Crippen molar-refractivity contribution in [2.75, 3.05) is 17.2 Å². The van der Waals surface area contributed by atoms with Crippen molar-refractivity contribution in [3.05, 3.63) is 52.7 Å². The second kappa shape index (κ2) is 10.4. The molecule has 0 bridgehead atoms. The van der Waals surface area contributed by atoms with Crippen molar-refractivity contribution < 1.29 is 27.9 Å². The molecule has 0 radical (unpaired) electrons. The van der Waals surface area contributed by atoms with Crippen LogP contribution in [0.25, 0.3) is 0 Å². The van der Waals surface area contributed by atoms with E-state index in [1.165, 1.54) is 25.3 Å². The summed E-state index contributed by atoms with van der Waals surface area (Å²) in [7, 11) is 0. The molecule has 3 amide bonds. The molecule has 2 N–H and O–H groups in total. The van der Waals surface area contributed by atoms with Crippen LogP contribution in [0.15, 0.2) is 36.5 Å². The number of likely N-dealkylation sites (tertiary alicyclic amines) is 1. The Bertz CT molecular complexity index is 1170. The summed E-state index contributed by atoms with van der Waals surface area (Å²) in [5, 5.41) is 5.33. The van der Waals surface area contributed by atoms with Gasteiger partial charge in [-0.05, 0) is 57.0 Å². The van der Waals surface area contributed by atoms with Crippen LogP contribution in [0.5, 0.6) is 0 Å². The second-order valence-electron chi connectivity index (χ2n) is 9.87. The number of hydrogen-bond donors (Lipinski definition) is 2. The van der Waals surface area contributed by atoms with Gasteiger partial charge in [0.1, 0.15) is 11.4 Å². The van der Waals surface area contributed by atoms with E-state index in [-0.39, 0.29) is 18.1 Å². The third-order valence-corrected chi connectivity index (χ3v) is 5.91. The lowest BCUT2D eigenvalue weighted by molar-refractivity contribution is -0.159. The largest absolute Gasteiger partial charge is 0.444 e. The fraction of sp³-hybridized carbons (Fsp3) is 0.440. The number of benzene rings is 1. The number of piperidine rings is 1. The Morgan fingerprint density at radius 3 is 2.50 bits per heavy atom. The first-order valence-corrected chi connectivity index (χ1v) is 11.8. The Balaban J connectivity index is 1.76. The van der Waals surface area contributed by atoms with Crippen LogP contribution in [-0.4, -0.2) is 45.9 Å². The number of hydrogen-bond acceptors (Lipinski definition) is 5. The van der Waals surface area contributed by atoms with E-state index < -0.39 is 47.8 Å². The van der Waals surface area contributed by atoms with Gasteiger partial charge >= 0.3 is 17.9 Å². The van der Waals surface area contributed by atoms with E-state index in [0.29, 0.717) is 16.1 Å². The summed E-state index contributed by atoms with van der Waals surface area (Å²) in [4.78, 5) is 43.2. The van der Waals surface area contributed by atoms with Gasteiger partial charge in [-0.1, -0.05) is 30.7 Å². The Morgan fingerprint density at radius 2 is 1.89 bits per heavy atom. The van der Waals surface area contributed by atoms with E-state index in [2.05, 4.69) is 15.6 Å². The van der Waals surface area contributed by atoms with Crippen molar-refractivity contribution in [2.45, 2.75) is 58.6 Å². The second-order valence-corrected chi connectivity index (χ2v) is 10.3. The summed E-state index contributed by atoms with van der Waals surface area (Å²) in [6.45, 7) is 7.88. The highest BCUT2D eigenvalue weighted by atomic mass is 35.5. The Kier molecular flexibility index (Phi) is 7.88. The number of carbonyl (C=O) groups is 3. The molecule has 11 heteroatoms. The zero-order chi connectivity index (χ0) is 26.8. The SMILES string of the molecule is Cc1cc(NC(=O)C(=O)N2C[C@@H](C)C(F)(F)C[C@H]2c2cccc(Cl)c2)cnc1NC(=O)OC(C)(C)C. The molecule has 0 aliphatic carbocycles. The average Bonchev–Trinajstić information content (AvgIpc) is 2.75. The Hall–Kier alpha value is -3.27. The molecule has 36 heavy (non-hydrogen) atoms. The number of amides is 3. The number of aryl methyl sites for hydroxylation is 1. The van der Waals surface area contributed by atoms with Crippen LogP contribution in [0, 0.1) is 12.8 Å². The summed E-state index contributed by atoms with van der Waals surface area (Å²) < 4.78 is 34.3. The van der Waals surface area contributed by atoms with Crippen LogP contribution < -0.4 is 10.6 Å². The fourth-order valence-corrected chi connectivity index (χ4v) is 4.05. The minimum atomic E-state index is -3.02. The predicted octanol–water partition coefficient (Wildman–Crippen LogP) is 5.57. The highest BCUT2D eigenvalue weighted by molar-refractivity contribution is 6.39. The van der Waals surface area contributed by atoms with Crippen LogP contribution in [-0.2, 0) is 14.3 Å². The summed E-state index contributed by atoms with van der Waals surface area (Å²) in [6, 6.07) is 6.83. The molecule has 1 aromatic heterocycles. The molecule has 0 spiro atoms. The van der Waals surface area contributed by atoms with Gasteiger partial charge in [-0.2, -0.15) is 0 Å². The van der Waals surface area contributed by atoms with Crippen molar-refractivity contribution in [3.63, 3.8) is 0 Å². The van der Waals surface area contributed by atoms with E-state index in [4.69, 9.17) is 16.3 Å². The lowest BCUT2D eigenvalue weighted by Crippen LogP contribution is -2.52. The van der Waals surface area contributed by atoms with Crippen LogP contribution in [0.2, 0.25) is 5.02 Å². The van der Waals surface area contributed by atoms with Gasteiger partial charge in [0.15, 0.2) is 0 Å². The Morgan fingerprint density at radius 1 is 1.19 bits per heavy atom. The van der Waals surface area contributed by atoms with Crippen LogP contribution in [0.3, 0.4) is 0 Å². The molecule has 3 rings (SSSR count). The molecule has 194 valence electrons. The number of nitrogens with zero attached hydrogens (tertiary/aromatic N) is 2. The number of ether oxygens (including phenoxy) is 1. The van der Waals surface area contributed by atoms with Gasteiger partial charge in [0.05, 0.1) is 17.9 Å². The van der Waals surface area contributed by atoms with E-state index in [0.717, 1.165) is 4.90 Å². The molecule has 0 saturated carbocycles. The standard InChI is InChI=1S/C25H29ClF2N4O4/c1-14-9-18(12-29-20(14)31-23(35)36-24(3,4)5)30-21(33)22(34)32-13-15(2)25(27,28)11-19(32)16-7-6-8-17(26)10-16/h6-10,12,15,19H,11,13H2,1-5H3,(H,30,33)(H,29,31,35)/t15-,19+/m1/s1. The smallest absolute Gasteiger partial charge is 0.413 e. The minimum absolute atomic E-state index is 0.204. The van der Waals surface area contributed by atoms with Crippen molar-refractivity contribution >= 4 is 41.0 Å². The number of aromatic nitrogens is 1. The highest BCUT2D eigenvalue weighted by Gasteiger charge is 2.48. The molecule has 2 atom stereocenters. The van der Waals surface area contributed by atoms with Gasteiger partial charge in [-0.25, -0.2) is 18.6 Å². The van der Waals surface area contributed by atoms with Crippen molar-refractivity contribution in [3.8, 4) is 0 Å². The normalized spacial score (nSPS) is 19.4. The maximum atomic E-state index is 14.6. The third kappa shape index (κ3) is 6.69. The van der Waals surface area contributed by atoms with Crippen molar-refractivity contribution in [1.82, 2.24) is 9.88 Å². The maximum absolute atomic E-state index is 14.6. The monoisotopic (exact) mass is 522 g/mol. The third-order valence-electron chi connectivity index (χ3n) is 5.68. The Labute approximate surface area is 213 Å². The van der Waals surface area contributed by atoms with Gasteiger partial charge in [-0.3, -0.25) is 14.9 Å². The van der Waals surface area contributed by atoms with Crippen molar-refractivity contribution in [2.24, 2.45) is 5.92 Å². The molecule has 1 aliphatic heterocycles.